The summed E-state index contributed by atoms with van der Waals surface area (Å²) in [5, 5.41) is 14.6. The van der Waals surface area contributed by atoms with E-state index in [4.69, 9.17) is 23.8 Å². The quantitative estimate of drug-likeness (QED) is 0.280. The van der Waals surface area contributed by atoms with E-state index in [1.807, 2.05) is 73.9 Å². The highest BCUT2D eigenvalue weighted by atomic mass is 35.5. The largest absolute Gasteiger partial charge is 0.502 e. The third-order valence-corrected chi connectivity index (χ3v) is 4.48. The number of anilines is 1. The average molecular weight is 382 g/mol. The van der Waals surface area contributed by atoms with Crippen molar-refractivity contribution in [1.29, 1.82) is 0 Å². The van der Waals surface area contributed by atoms with Crippen molar-refractivity contribution in [3.05, 3.63) is 95.3 Å². The maximum absolute atomic E-state index is 11.0. The van der Waals surface area contributed by atoms with Crippen LogP contribution in [0, 0.1) is 6.92 Å². The summed E-state index contributed by atoms with van der Waals surface area (Å²) < 4.78 is 1.77. The molecule has 0 saturated carbocycles. The zero-order valence-corrected chi connectivity index (χ0v) is 15.8. The molecule has 2 aromatic carbocycles. The molecule has 0 unspecified atom stereocenters. The van der Waals surface area contributed by atoms with Crippen LogP contribution in [0.5, 0.6) is 0 Å². The fraction of sp³-hybridized carbons (Fsp3) is 0.0476. The van der Waals surface area contributed by atoms with Crippen LogP contribution in [-0.4, -0.2) is 10.1 Å². The number of aliphatic hydroxyl groups is 1. The third kappa shape index (κ3) is 4.10. The minimum Gasteiger partial charge on any atom is -0.502 e. The lowest BCUT2D eigenvalue weighted by Crippen LogP contribution is -2.38. The van der Waals surface area contributed by atoms with Gasteiger partial charge in [-0.3, -0.25) is 0 Å². The van der Waals surface area contributed by atoms with E-state index in [1.165, 1.54) is 0 Å². The Morgan fingerprint density at radius 2 is 1.62 bits per heavy atom. The minimum atomic E-state index is 0.0106. The molecular weight excluding hydrogens is 364 g/mol. The first kappa shape index (κ1) is 18.1. The molecule has 26 heavy (non-hydrogen) atoms. The monoisotopic (exact) mass is 381 g/mol. The molecule has 1 aromatic heterocycles. The number of benzene rings is 2. The Balaban J connectivity index is 2.07. The van der Waals surface area contributed by atoms with Gasteiger partial charge in [0.2, 0.25) is 5.76 Å². The first-order chi connectivity index (χ1) is 12.6. The van der Waals surface area contributed by atoms with Gasteiger partial charge in [-0.25, -0.2) is 0 Å². The van der Waals surface area contributed by atoms with Crippen molar-refractivity contribution in [2.45, 2.75) is 6.92 Å². The summed E-state index contributed by atoms with van der Waals surface area (Å²) in [6.07, 6.45) is 3.65. The molecule has 130 valence electrons. The molecule has 3 nitrogen and oxygen atoms in total. The number of hydrogen-bond acceptors (Lipinski definition) is 2. The summed E-state index contributed by atoms with van der Waals surface area (Å²) >= 11 is 11.9. The average Bonchev–Trinajstić information content (AvgIpc) is 2.65. The lowest BCUT2D eigenvalue weighted by atomic mass is 10.1. The highest BCUT2D eigenvalue weighted by Gasteiger charge is 2.24. The zero-order valence-electron chi connectivity index (χ0n) is 14.2. The van der Waals surface area contributed by atoms with Crippen LogP contribution in [0.25, 0.3) is 11.5 Å². The SMILES string of the molecule is Cc1ccc(NC(=S)/C(=C(/O)c2ccccc2Cl)[n+]2ccccc2)cc1. The van der Waals surface area contributed by atoms with Crippen LogP contribution in [0.2, 0.25) is 5.02 Å². The minimum absolute atomic E-state index is 0.0106. The summed E-state index contributed by atoms with van der Waals surface area (Å²) in [6, 6.07) is 20.7. The molecule has 3 aromatic rings. The lowest BCUT2D eigenvalue weighted by molar-refractivity contribution is -0.575. The Labute approximate surface area is 163 Å². The van der Waals surface area contributed by atoms with Crippen molar-refractivity contribution in [3.8, 4) is 0 Å². The predicted octanol–water partition coefficient (Wildman–Crippen LogP) is 5.26. The number of halogens is 1. The van der Waals surface area contributed by atoms with Gasteiger partial charge in [0.15, 0.2) is 17.4 Å². The topological polar surface area (TPSA) is 36.1 Å². The standard InChI is InChI=1S/C21H17ClN2OS/c1-15-9-11-16(12-10-15)23-21(26)19(24-13-5-2-6-14-24)20(25)17-7-3-4-8-18(17)22/h2-14H,1H3,(H-,23,25,26)/p+1. The van der Waals surface area contributed by atoms with E-state index in [2.05, 4.69) is 5.32 Å². The molecule has 2 N–H and O–H groups in total. The van der Waals surface area contributed by atoms with Gasteiger partial charge in [0.05, 0.1) is 5.02 Å². The number of pyridine rings is 1. The second kappa shape index (κ2) is 8.13. The van der Waals surface area contributed by atoms with Gasteiger partial charge in [-0.1, -0.05) is 59.7 Å². The van der Waals surface area contributed by atoms with Crippen LogP contribution in [-0.2, 0) is 0 Å². The van der Waals surface area contributed by atoms with E-state index >= 15 is 0 Å². The number of nitrogens with one attached hydrogen (secondary N) is 1. The van der Waals surface area contributed by atoms with Crippen molar-refractivity contribution in [2.24, 2.45) is 0 Å². The fourth-order valence-electron chi connectivity index (χ4n) is 2.50. The molecule has 3 rings (SSSR count). The Morgan fingerprint density at radius 3 is 2.27 bits per heavy atom. The number of aryl methyl sites for hydroxylation is 1. The van der Waals surface area contributed by atoms with E-state index in [0.717, 1.165) is 11.3 Å². The molecular formula is C21H18ClN2OS+. The Morgan fingerprint density at radius 1 is 0.962 bits per heavy atom. The summed E-state index contributed by atoms with van der Waals surface area (Å²) in [5.41, 5.74) is 2.98. The molecule has 0 fully saturated rings. The van der Waals surface area contributed by atoms with Crippen LogP contribution in [0.3, 0.4) is 0 Å². The van der Waals surface area contributed by atoms with Crippen LogP contribution in [0.1, 0.15) is 11.1 Å². The molecule has 0 aliphatic carbocycles. The second-order valence-electron chi connectivity index (χ2n) is 5.78. The zero-order chi connectivity index (χ0) is 18.5. The third-order valence-electron chi connectivity index (χ3n) is 3.85. The number of thiocarbonyl (C=S) groups is 1. The number of aliphatic hydroxyl groups excluding tert-OH is 1. The van der Waals surface area contributed by atoms with Gasteiger partial charge in [0.1, 0.15) is 0 Å². The fourth-order valence-corrected chi connectivity index (χ4v) is 3.05. The number of nitrogens with zero attached hydrogens (tertiary/aromatic N) is 1. The maximum Gasteiger partial charge on any atom is 0.288 e. The molecule has 0 aliphatic rings. The van der Waals surface area contributed by atoms with E-state index in [0.29, 0.717) is 21.3 Å². The Bertz CT molecular complexity index is 953. The molecule has 0 bridgehead atoms. The van der Waals surface area contributed by atoms with Crippen molar-refractivity contribution in [1.82, 2.24) is 0 Å². The van der Waals surface area contributed by atoms with Crippen molar-refractivity contribution in [2.75, 3.05) is 5.32 Å². The van der Waals surface area contributed by atoms with Crippen LogP contribution in [0.4, 0.5) is 5.69 Å². The van der Waals surface area contributed by atoms with E-state index in [9.17, 15) is 5.11 Å². The predicted molar refractivity (Wildman–Crippen MR) is 111 cm³/mol. The molecule has 1 heterocycles. The van der Waals surface area contributed by atoms with Gasteiger partial charge >= 0.3 is 0 Å². The van der Waals surface area contributed by atoms with Gasteiger partial charge < -0.3 is 10.4 Å². The van der Waals surface area contributed by atoms with Gasteiger partial charge in [-0.2, -0.15) is 4.57 Å². The molecule has 0 radical (unpaired) electrons. The first-order valence-corrected chi connectivity index (χ1v) is 8.87. The van der Waals surface area contributed by atoms with Gasteiger partial charge in [-0.15, -0.1) is 0 Å². The summed E-state index contributed by atoms with van der Waals surface area (Å²) in [4.78, 5) is 0.391. The van der Waals surface area contributed by atoms with Crippen LogP contribution < -0.4 is 9.88 Å². The Kier molecular flexibility index (Phi) is 5.66. The van der Waals surface area contributed by atoms with Crippen LogP contribution >= 0.6 is 23.8 Å². The van der Waals surface area contributed by atoms with Crippen molar-refractivity contribution < 1.29 is 9.67 Å². The molecule has 5 heteroatoms. The normalized spacial score (nSPS) is 11.6. The van der Waals surface area contributed by atoms with E-state index in [-0.39, 0.29) is 5.76 Å². The number of rotatable bonds is 4. The Hall–Kier alpha value is -2.69. The highest BCUT2D eigenvalue weighted by Crippen LogP contribution is 2.25. The highest BCUT2D eigenvalue weighted by molar-refractivity contribution is 7.81. The van der Waals surface area contributed by atoms with E-state index < -0.39 is 0 Å². The molecule has 0 spiro atoms. The number of aromatic nitrogens is 1. The van der Waals surface area contributed by atoms with Gasteiger partial charge in [0.25, 0.3) is 5.70 Å². The van der Waals surface area contributed by atoms with Crippen molar-refractivity contribution in [3.63, 3.8) is 0 Å². The molecule has 0 amide bonds. The molecule has 0 atom stereocenters. The summed E-state index contributed by atoms with van der Waals surface area (Å²) in [5.74, 6) is 0.0106. The number of hydrogen-bond donors (Lipinski definition) is 2. The van der Waals surface area contributed by atoms with E-state index in [1.54, 1.807) is 16.7 Å². The first-order valence-electron chi connectivity index (χ1n) is 8.09. The molecule has 0 saturated heterocycles. The summed E-state index contributed by atoms with van der Waals surface area (Å²) in [7, 11) is 0. The van der Waals surface area contributed by atoms with Crippen molar-refractivity contribution >= 4 is 46.0 Å². The maximum atomic E-state index is 11.0. The second-order valence-corrected chi connectivity index (χ2v) is 6.60. The smallest absolute Gasteiger partial charge is 0.288 e. The van der Waals surface area contributed by atoms with Gasteiger partial charge in [0, 0.05) is 23.4 Å². The van der Waals surface area contributed by atoms with Gasteiger partial charge in [-0.05, 0) is 31.2 Å². The van der Waals surface area contributed by atoms with Crippen LogP contribution in [0.15, 0.2) is 79.1 Å². The summed E-state index contributed by atoms with van der Waals surface area (Å²) in [6.45, 7) is 2.02. The lowest BCUT2D eigenvalue weighted by Gasteiger charge is -2.11. The molecule has 0 aliphatic heterocycles.